The van der Waals surface area contributed by atoms with E-state index in [-0.39, 0.29) is 11.8 Å². The normalized spacial score (nSPS) is 17.0. The fourth-order valence-corrected chi connectivity index (χ4v) is 3.33. The molecule has 0 radical (unpaired) electrons. The molecule has 22 heavy (non-hydrogen) atoms. The number of H-pyrrole nitrogens is 1. The highest BCUT2D eigenvalue weighted by Gasteiger charge is 2.35. The molecule has 1 aromatic heterocycles. The summed E-state index contributed by atoms with van der Waals surface area (Å²) in [6.07, 6.45) is 0. The highest BCUT2D eigenvalue weighted by molar-refractivity contribution is 5.58. The van der Waals surface area contributed by atoms with E-state index in [1.54, 1.807) is 0 Å². The van der Waals surface area contributed by atoms with Gasteiger partial charge in [0, 0.05) is 11.3 Å². The first-order valence-electron chi connectivity index (χ1n) is 7.14. The molecular formula is C17H18N4O. The zero-order valence-electron chi connectivity index (χ0n) is 13.1. The highest BCUT2D eigenvalue weighted by Crippen LogP contribution is 2.44. The molecule has 0 fully saturated rings. The van der Waals surface area contributed by atoms with Crippen LogP contribution in [0, 0.1) is 39.0 Å². The lowest BCUT2D eigenvalue weighted by molar-refractivity contribution is 0.378. The van der Waals surface area contributed by atoms with E-state index in [4.69, 9.17) is 10.5 Å². The van der Waals surface area contributed by atoms with Crippen LogP contribution in [0.3, 0.4) is 0 Å². The predicted molar refractivity (Wildman–Crippen MR) is 83.3 cm³/mol. The highest BCUT2D eigenvalue weighted by atomic mass is 16.5. The summed E-state index contributed by atoms with van der Waals surface area (Å²) in [5.41, 5.74) is 12.7. The molecule has 5 heteroatoms. The minimum atomic E-state index is -0.243. The number of nitrogens with two attached hydrogens (primary N) is 1. The minimum Gasteiger partial charge on any atom is -0.420 e. The van der Waals surface area contributed by atoms with Crippen LogP contribution in [0.15, 0.2) is 23.6 Å². The van der Waals surface area contributed by atoms with Gasteiger partial charge in [0.25, 0.3) is 0 Å². The van der Waals surface area contributed by atoms with Crippen molar-refractivity contribution in [2.75, 3.05) is 0 Å². The number of hydrogen-bond donors (Lipinski definition) is 2. The maximum atomic E-state index is 9.59. The molecule has 0 spiro atoms. The van der Waals surface area contributed by atoms with E-state index < -0.39 is 0 Å². The second kappa shape index (κ2) is 4.92. The predicted octanol–water partition coefficient (Wildman–Crippen LogP) is 2.86. The van der Waals surface area contributed by atoms with Crippen molar-refractivity contribution in [3.63, 3.8) is 0 Å². The summed E-state index contributed by atoms with van der Waals surface area (Å²) < 4.78 is 5.50. The van der Waals surface area contributed by atoms with Gasteiger partial charge in [-0.15, -0.1) is 5.10 Å². The van der Waals surface area contributed by atoms with Crippen molar-refractivity contribution in [2.24, 2.45) is 5.73 Å². The molecule has 1 atom stereocenters. The van der Waals surface area contributed by atoms with Gasteiger partial charge < -0.3 is 10.5 Å². The largest absolute Gasteiger partial charge is 0.420 e. The van der Waals surface area contributed by atoms with E-state index in [1.165, 1.54) is 5.56 Å². The van der Waals surface area contributed by atoms with E-state index in [1.807, 2.05) is 6.92 Å². The summed E-state index contributed by atoms with van der Waals surface area (Å²) in [5, 5.41) is 16.7. The van der Waals surface area contributed by atoms with Crippen LogP contribution in [0.1, 0.15) is 39.4 Å². The number of rotatable bonds is 1. The molecule has 3 rings (SSSR count). The molecule has 1 aliphatic rings. The molecule has 112 valence electrons. The summed E-state index contributed by atoms with van der Waals surface area (Å²) in [6.45, 7) is 8.12. The molecule has 2 heterocycles. The first-order chi connectivity index (χ1) is 10.4. The van der Waals surface area contributed by atoms with Crippen molar-refractivity contribution in [3.8, 4) is 11.9 Å². The summed E-state index contributed by atoms with van der Waals surface area (Å²) in [6, 6.07) is 6.46. The third kappa shape index (κ3) is 1.96. The summed E-state index contributed by atoms with van der Waals surface area (Å²) >= 11 is 0. The molecule has 0 saturated heterocycles. The Morgan fingerprint density at radius 2 is 1.82 bits per heavy atom. The van der Waals surface area contributed by atoms with Gasteiger partial charge in [-0.3, -0.25) is 5.10 Å². The van der Waals surface area contributed by atoms with E-state index in [9.17, 15) is 5.26 Å². The fourth-order valence-electron chi connectivity index (χ4n) is 3.33. The van der Waals surface area contributed by atoms with E-state index >= 15 is 0 Å². The molecule has 3 N–H and O–H groups in total. The van der Waals surface area contributed by atoms with Gasteiger partial charge in [0.1, 0.15) is 11.6 Å². The quantitative estimate of drug-likeness (QED) is 0.846. The topological polar surface area (TPSA) is 87.7 Å². The number of allylic oxidation sites excluding steroid dienone is 1. The zero-order chi connectivity index (χ0) is 16.0. The van der Waals surface area contributed by atoms with Crippen LogP contribution in [0.25, 0.3) is 0 Å². The standard InChI is InChI=1S/C17H18N4O/c1-8-5-9(2)13(10(3)6-8)15-12(7-18)16(19)22-17-14(15)11(4)20-21-17/h5-6,15H,19H2,1-4H3,(H,20,21). The Hall–Kier alpha value is -2.74. The zero-order valence-corrected chi connectivity index (χ0v) is 13.1. The molecule has 0 aliphatic carbocycles. The Balaban J connectivity index is 2.33. The molecular weight excluding hydrogens is 276 g/mol. The van der Waals surface area contributed by atoms with Gasteiger partial charge in [-0.1, -0.05) is 17.7 Å². The van der Waals surface area contributed by atoms with Crippen LogP contribution in [0.2, 0.25) is 0 Å². The van der Waals surface area contributed by atoms with Crippen molar-refractivity contribution in [3.05, 3.63) is 57.1 Å². The van der Waals surface area contributed by atoms with Crippen molar-refractivity contribution in [2.45, 2.75) is 33.6 Å². The number of aromatic nitrogens is 2. The van der Waals surface area contributed by atoms with Crippen LogP contribution in [-0.2, 0) is 0 Å². The molecule has 5 nitrogen and oxygen atoms in total. The lowest BCUT2D eigenvalue weighted by Gasteiger charge is -2.26. The van der Waals surface area contributed by atoms with Crippen molar-refractivity contribution in [1.29, 1.82) is 5.26 Å². The number of benzene rings is 1. The average Bonchev–Trinajstić information content (AvgIpc) is 2.78. The maximum absolute atomic E-state index is 9.59. The number of aryl methyl sites for hydroxylation is 4. The van der Waals surface area contributed by atoms with Gasteiger partial charge in [0.2, 0.25) is 11.8 Å². The molecule has 0 amide bonds. The fraction of sp³-hybridized carbons (Fsp3) is 0.294. The Bertz CT molecular complexity index is 816. The number of aromatic amines is 1. The second-order valence-electron chi connectivity index (χ2n) is 5.80. The number of nitrogens with zero attached hydrogens (tertiary/aromatic N) is 2. The molecule has 0 bridgehead atoms. The van der Waals surface area contributed by atoms with Crippen LogP contribution < -0.4 is 10.5 Å². The van der Waals surface area contributed by atoms with Crippen molar-refractivity contribution >= 4 is 0 Å². The minimum absolute atomic E-state index is 0.130. The van der Waals surface area contributed by atoms with Crippen LogP contribution in [-0.4, -0.2) is 10.2 Å². The maximum Gasteiger partial charge on any atom is 0.244 e. The molecule has 1 unspecified atom stereocenters. The van der Waals surface area contributed by atoms with Gasteiger partial charge in [0.15, 0.2) is 0 Å². The SMILES string of the molecule is Cc1cc(C)c(C2C(C#N)=C(N)Oc3n[nH]c(C)c32)c(C)c1. The summed E-state index contributed by atoms with van der Waals surface area (Å²) in [5.74, 6) is 0.345. The second-order valence-corrected chi connectivity index (χ2v) is 5.80. The van der Waals surface area contributed by atoms with E-state index in [0.29, 0.717) is 11.5 Å². The van der Waals surface area contributed by atoms with Gasteiger partial charge in [-0.25, -0.2) is 0 Å². The van der Waals surface area contributed by atoms with Gasteiger partial charge in [-0.05, 0) is 44.4 Å². The van der Waals surface area contributed by atoms with E-state index in [0.717, 1.165) is 27.9 Å². The average molecular weight is 294 g/mol. The lowest BCUT2D eigenvalue weighted by Crippen LogP contribution is -2.22. The Kier molecular flexibility index (Phi) is 3.18. The number of nitrogens with one attached hydrogen (secondary N) is 1. The summed E-state index contributed by atoms with van der Waals surface area (Å²) in [7, 11) is 0. The van der Waals surface area contributed by atoms with Gasteiger partial charge in [0.05, 0.1) is 5.92 Å². The van der Waals surface area contributed by atoms with Crippen LogP contribution in [0.5, 0.6) is 5.88 Å². The van der Waals surface area contributed by atoms with Crippen LogP contribution in [0.4, 0.5) is 0 Å². The molecule has 2 aromatic rings. The van der Waals surface area contributed by atoms with Crippen molar-refractivity contribution < 1.29 is 4.74 Å². The first-order valence-corrected chi connectivity index (χ1v) is 7.14. The monoisotopic (exact) mass is 294 g/mol. The third-order valence-corrected chi connectivity index (χ3v) is 4.16. The smallest absolute Gasteiger partial charge is 0.244 e. The lowest BCUT2D eigenvalue weighted by atomic mass is 9.79. The van der Waals surface area contributed by atoms with Crippen molar-refractivity contribution in [1.82, 2.24) is 10.2 Å². The summed E-state index contributed by atoms with van der Waals surface area (Å²) in [4.78, 5) is 0. The first kappa shape index (κ1) is 14.2. The third-order valence-electron chi connectivity index (χ3n) is 4.16. The molecule has 0 saturated carbocycles. The molecule has 1 aliphatic heterocycles. The van der Waals surface area contributed by atoms with E-state index in [2.05, 4.69) is 49.2 Å². The van der Waals surface area contributed by atoms with Gasteiger partial charge in [-0.2, -0.15) is 5.26 Å². The Morgan fingerprint density at radius 1 is 1.18 bits per heavy atom. The number of hydrogen-bond acceptors (Lipinski definition) is 4. The molecule has 1 aromatic carbocycles. The number of fused-ring (bicyclic) bond motifs is 1. The Morgan fingerprint density at radius 3 is 2.41 bits per heavy atom. The van der Waals surface area contributed by atoms with Gasteiger partial charge >= 0.3 is 0 Å². The van der Waals surface area contributed by atoms with Crippen LogP contribution >= 0.6 is 0 Å². The number of nitriles is 1. The number of ether oxygens (including phenoxy) is 1. The Labute approximate surface area is 129 Å².